The van der Waals surface area contributed by atoms with Gasteiger partial charge in [0.1, 0.15) is 16.9 Å². The Hall–Kier alpha value is -2.08. The van der Waals surface area contributed by atoms with Gasteiger partial charge in [-0.1, -0.05) is 33.1 Å². The summed E-state index contributed by atoms with van der Waals surface area (Å²) in [5, 5.41) is 2.85. The number of hydrogen-bond donors (Lipinski definition) is 1. The Morgan fingerprint density at radius 1 is 1.11 bits per heavy atom. The van der Waals surface area contributed by atoms with E-state index in [1.165, 1.54) is 7.11 Å². The first-order chi connectivity index (χ1) is 12.9. The summed E-state index contributed by atoms with van der Waals surface area (Å²) >= 11 is 0. The predicted octanol–water partition coefficient (Wildman–Crippen LogP) is 4.58. The number of nitrogens with one attached hydrogen (secondary N) is 1. The van der Waals surface area contributed by atoms with Gasteiger partial charge in [-0.25, -0.2) is 4.79 Å². The maximum absolute atomic E-state index is 12.7. The molecule has 0 unspecified atom stereocenters. The van der Waals surface area contributed by atoms with E-state index < -0.39 is 11.6 Å². The molecule has 0 radical (unpaired) electrons. The molecule has 0 bridgehead atoms. The van der Waals surface area contributed by atoms with Crippen LogP contribution in [0.15, 0.2) is 18.2 Å². The molecule has 1 aromatic carbocycles. The van der Waals surface area contributed by atoms with Crippen LogP contribution in [0.1, 0.15) is 70.2 Å². The van der Waals surface area contributed by atoms with E-state index in [4.69, 9.17) is 14.2 Å². The van der Waals surface area contributed by atoms with Gasteiger partial charge in [-0.05, 0) is 44.9 Å². The van der Waals surface area contributed by atoms with E-state index in [0.717, 1.165) is 25.7 Å². The first-order valence-electron chi connectivity index (χ1n) is 9.72. The Morgan fingerprint density at radius 2 is 1.81 bits per heavy atom. The lowest BCUT2D eigenvalue weighted by Crippen LogP contribution is -2.41. The summed E-state index contributed by atoms with van der Waals surface area (Å²) < 4.78 is 16.3. The second-order valence-electron chi connectivity index (χ2n) is 6.63. The van der Waals surface area contributed by atoms with E-state index in [-0.39, 0.29) is 12.5 Å². The van der Waals surface area contributed by atoms with Gasteiger partial charge in [-0.3, -0.25) is 4.79 Å². The van der Waals surface area contributed by atoms with Gasteiger partial charge in [0.25, 0.3) is 5.91 Å². The third-order valence-electron chi connectivity index (χ3n) is 4.43. The molecule has 1 rings (SSSR count). The summed E-state index contributed by atoms with van der Waals surface area (Å²) in [7, 11) is 1.53. The highest BCUT2D eigenvalue weighted by atomic mass is 16.5. The topological polar surface area (TPSA) is 73.9 Å². The molecule has 0 saturated carbocycles. The van der Waals surface area contributed by atoms with Crippen molar-refractivity contribution in [3.05, 3.63) is 23.8 Å². The van der Waals surface area contributed by atoms with Crippen LogP contribution in [0.3, 0.4) is 0 Å². The summed E-state index contributed by atoms with van der Waals surface area (Å²) in [6.07, 6.45) is 4.37. The number of unbranched alkanes of at least 4 members (excludes halogenated alkanes) is 2. The van der Waals surface area contributed by atoms with Crippen molar-refractivity contribution >= 4 is 17.6 Å². The summed E-state index contributed by atoms with van der Waals surface area (Å²) in [4.78, 5) is 25.0. The number of rotatable bonds is 12. The fourth-order valence-corrected chi connectivity index (χ4v) is 2.51. The minimum Gasteiger partial charge on any atom is -0.493 e. The van der Waals surface area contributed by atoms with Crippen molar-refractivity contribution in [2.75, 3.05) is 25.6 Å². The van der Waals surface area contributed by atoms with Crippen LogP contribution in [-0.2, 0) is 14.3 Å². The Bertz CT molecular complexity index is 617. The lowest BCUT2D eigenvalue weighted by Gasteiger charge is -2.27. The van der Waals surface area contributed by atoms with Gasteiger partial charge in [-0.15, -0.1) is 0 Å². The standard InChI is InChI=1S/C21H33NO5/c1-6-9-13-21(4,25-5)20(24)22-16-11-12-18(27-14-10-7-2)17(15-16)19(23)26-8-3/h11-12,15H,6-10,13-14H2,1-5H3,(H,22,24)/t21-/m1/s1. The van der Waals surface area contributed by atoms with Crippen molar-refractivity contribution in [3.8, 4) is 5.75 Å². The number of ether oxygens (including phenoxy) is 3. The Kier molecular flexibility index (Phi) is 9.86. The summed E-state index contributed by atoms with van der Waals surface area (Å²) in [6, 6.07) is 5.00. The number of carbonyl (C=O) groups is 2. The molecule has 6 heteroatoms. The maximum Gasteiger partial charge on any atom is 0.341 e. The monoisotopic (exact) mass is 379 g/mol. The molecule has 27 heavy (non-hydrogen) atoms. The lowest BCUT2D eigenvalue weighted by atomic mass is 9.97. The molecule has 1 atom stereocenters. The van der Waals surface area contributed by atoms with E-state index in [0.29, 0.717) is 30.0 Å². The normalized spacial score (nSPS) is 12.9. The molecule has 1 aromatic rings. The van der Waals surface area contributed by atoms with Crippen LogP contribution >= 0.6 is 0 Å². The average Bonchev–Trinajstić information content (AvgIpc) is 2.67. The van der Waals surface area contributed by atoms with Crippen LogP contribution in [0, 0.1) is 0 Å². The molecule has 0 aliphatic heterocycles. The number of hydrogen-bond acceptors (Lipinski definition) is 5. The van der Waals surface area contributed by atoms with Crippen molar-refractivity contribution in [1.82, 2.24) is 0 Å². The van der Waals surface area contributed by atoms with Gasteiger partial charge >= 0.3 is 5.97 Å². The third kappa shape index (κ3) is 6.86. The zero-order chi connectivity index (χ0) is 20.3. The fraction of sp³-hybridized carbons (Fsp3) is 0.619. The van der Waals surface area contributed by atoms with E-state index in [9.17, 15) is 9.59 Å². The number of benzene rings is 1. The first kappa shape index (κ1) is 23.0. The van der Waals surface area contributed by atoms with Crippen LogP contribution in [0.5, 0.6) is 5.75 Å². The van der Waals surface area contributed by atoms with Crippen LogP contribution in [0.4, 0.5) is 5.69 Å². The van der Waals surface area contributed by atoms with E-state index >= 15 is 0 Å². The maximum atomic E-state index is 12.7. The second kappa shape index (κ2) is 11.6. The van der Waals surface area contributed by atoms with E-state index in [1.807, 2.05) is 0 Å². The molecule has 0 spiro atoms. The molecule has 0 heterocycles. The minimum atomic E-state index is -0.920. The molecule has 152 valence electrons. The average molecular weight is 379 g/mol. The quantitative estimate of drug-likeness (QED) is 0.425. The summed E-state index contributed by atoms with van der Waals surface area (Å²) in [6.45, 7) is 8.44. The molecule has 0 aliphatic rings. The van der Waals surface area contributed by atoms with Gasteiger partial charge in [-0.2, -0.15) is 0 Å². The highest BCUT2D eigenvalue weighted by Gasteiger charge is 2.32. The van der Waals surface area contributed by atoms with Crippen LogP contribution < -0.4 is 10.1 Å². The number of carbonyl (C=O) groups excluding carboxylic acids is 2. The zero-order valence-corrected chi connectivity index (χ0v) is 17.2. The Labute approximate surface area is 162 Å². The molecular formula is C21H33NO5. The number of anilines is 1. The molecule has 0 aromatic heterocycles. The van der Waals surface area contributed by atoms with E-state index in [1.54, 1.807) is 32.0 Å². The van der Waals surface area contributed by atoms with Gasteiger partial charge in [0.2, 0.25) is 0 Å². The van der Waals surface area contributed by atoms with Gasteiger partial charge < -0.3 is 19.5 Å². The zero-order valence-electron chi connectivity index (χ0n) is 17.2. The second-order valence-corrected chi connectivity index (χ2v) is 6.63. The smallest absolute Gasteiger partial charge is 0.341 e. The predicted molar refractivity (Wildman–Crippen MR) is 106 cm³/mol. The Balaban J connectivity index is 3.02. The summed E-state index contributed by atoms with van der Waals surface area (Å²) in [5.74, 6) is -0.256. The Morgan fingerprint density at radius 3 is 2.41 bits per heavy atom. The van der Waals surface area contributed by atoms with E-state index in [2.05, 4.69) is 19.2 Å². The minimum absolute atomic E-state index is 0.243. The first-order valence-corrected chi connectivity index (χ1v) is 9.72. The number of methoxy groups -OCH3 is 1. The number of esters is 1. The highest BCUT2D eigenvalue weighted by Crippen LogP contribution is 2.26. The molecule has 0 aliphatic carbocycles. The molecule has 1 N–H and O–H groups in total. The third-order valence-corrected chi connectivity index (χ3v) is 4.43. The van der Waals surface area contributed by atoms with Crippen molar-refractivity contribution in [3.63, 3.8) is 0 Å². The van der Waals surface area contributed by atoms with Crippen LogP contribution in [0.2, 0.25) is 0 Å². The summed E-state index contributed by atoms with van der Waals surface area (Å²) in [5.41, 5.74) is -0.111. The molecule has 0 fully saturated rings. The van der Waals surface area contributed by atoms with Gasteiger partial charge in [0.05, 0.1) is 13.2 Å². The SMILES string of the molecule is CCCCOc1ccc(NC(=O)[C@@](C)(CCCC)OC)cc1C(=O)OCC. The van der Waals surface area contributed by atoms with Crippen molar-refractivity contribution in [2.45, 2.75) is 65.4 Å². The van der Waals surface area contributed by atoms with Crippen molar-refractivity contribution < 1.29 is 23.8 Å². The fourth-order valence-electron chi connectivity index (χ4n) is 2.51. The molecule has 0 saturated heterocycles. The molecule has 1 amide bonds. The molecule has 6 nitrogen and oxygen atoms in total. The highest BCUT2D eigenvalue weighted by molar-refractivity contribution is 5.99. The van der Waals surface area contributed by atoms with Crippen LogP contribution in [0.25, 0.3) is 0 Å². The van der Waals surface area contributed by atoms with Crippen LogP contribution in [-0.4, -0.2) is 37.8 Å². The van der Waals surface area contributed by atoms with Crippen molar-refractivity contribution in [2.24, 2.45) is 0 Å². The van der Waals surface area contributed by atoms with Gasteiger partial charge in [0.15, 0.2) is 0 Å². The number of amides is 1. The van der Waals surface area contributed by atoms with Crippen molar-refractivity contribution in [1.29, 1.82) is 0 Å². The van der Waals surface area contributed by atoms with Gasteiger partial charge in [0, 0.05) is 12.8 Å². The largest absolute Gasteiger partial charge is 0.493 e. The molecular weight excluding hydrogens is 346 g/mol. The lowest BCUT2D eigenvalue weighted by molar-refractivity contribution is -0.136.